The lowest BCUT2D eigenvalue weighted by atomic mass is 9.90. The lowest BCUT2D eigenvalue weighted by Crippen LogP contribution is -2.52. The number of amides is 2. The van der Waals surface area contributed by atoms with Crippen LogP contribution in [0.5, 0.6) is 0 Å². The normalized spacial score (nSPS) is 38.5. The smallest absolute Gasteiger partial charge is 0.322 e. The SMILES string of the molecule is CN1C(=O)N(C2NCNS2)C2CC(S(=O)(=O)NC3(C)CC3)CCC21. The van der Waals surface area contributed by atoms with Gasteiger partial charge in [-0.2, -0.15) is 0 Å². The van der Waals surface area contributed by atoms with E-state index in [4.69, 9.17) is 0 Å². The first kappa shape index (κ1) is 16.9. The zero-order valence-electron chi connectivity index (χ0n) is 14.0. The van der Waals surface area contributed by atoms with Crippen molar-refractivity contribution in [3.05, 3.63) is 0 Å². The number of carbonyl (C=O) groups excluding carboxylic acids is 1. The standard InChI is InChI=1S/C14H25N5O3S2/c1-14(5-6-14)17-24(21,22)9-3-4-10-11(7-9)19(13(20)18(10)2)12-15-8-16-23-12/h9-12,15-17H,3-8H2,1-2H3. The number of likely N-dealkylation sites (N-methyl/N-ethyl adjacent to an activating group) is 1. The van der Waals surface area contributed by atoms with Gasteiger partial charge >= 0.3 is 6.03 Å². The predicted molar refractivity (Wildman–Crippen MR) is 92.4 cm³/mol. The van der Waals surface area contributed by atoms with E-state index in [1.165, 1.54) is 11.9 Å². The van der Waals surface area contributed by atoms with Crippen LogP contribution in [0.25, 0.3) is 0 Å². The molecule has 2 aliphatic heterocycles. The summed E-state index contributed by atoms with van der Waals surface area (Å²) < 4.78 is 31.5. The molecule has 0 bridgehead atoms. The molecule has 4 aliphatic rings. The fourth-order valence-electron chi connectivity index (χ4n) is 4.03. The van der Waals surface area contributed by atoms with Crippen molar-refractivity contribution in [3.63, 3.8) is 0 Å². The van der Waals surface area contributed by atoms with Gasteiger partial charge in [0.2, 0.25) is 10.0 Å². The zero-order chi connectivity index (χ0) is 17.1. The van der Waals surface area contributed by atoms with Crippen LogP contribution in [0.15, 0.2) is 0 Å². The number of carbonyl (C=O) groups is 1. The molecule has 4 unspecified atom stereocenters. The average molecular weight is 376 g/mol. The number of hydrogen-bond acceptors (Lipinski definition) is 6. The Morgan fingerprint density at radius 3 is 2.67 bits per heavy atom. The van der Waals surface area contributed by atoms with Gasteiger partial charge in [-0.3, -0.25) is 10.2 Å². The molecule has 2 heterocycles. The van der Waals surface area contributed by atoms with Gasteiger partial charge in [0.15, 0.2) is 0 Å². The molecule has 136 valence electrons. The predicted octanol–water partition coefficient (Wildman–Crippen LogP) is 0.198. The van der Waals surface area contributed by atoms with E-state index in [0.29, 0.717) is 19.5 Å². The molecular formula is C14H25N5O3S2. The molecular weight excluding hydrogens is 350 g/mol. The van der Waals surface area contributed by atoms with Gasteiger partial charge in [-0.1, -0.05) is 0 Å². The number of nitrogens with zero attached hydrogens (tertiary/aromatic N) is 2. The molecule has 24 heavy (non-hydrogen) atoms. The molecule has 0 aromatic carbocycles. The zero-order valence-corrected chi connectivity index (χ0v) is 15.6. The number of hydrogen-bond donors (Lipinski definition) is 3. The molecule has 8 nitrogen and oxygen atoms in total. The van der Waals surface area contributed by atoms with E-state index >= 15 is 0 Å². The number of nitrogens with one attached hydrogen (secondary N) is 3. The van der Waals surface area contributed by atoms with Crippen molar-refractivity contribution in [2.45, 2.75) is 67.4 Å². The third kappa shape index (κ3) is 2.82. The van der Waals surface area contributed by atoms with Crippen LogP contribution in [-0.2, 0) is 10.0 Å². The molecule has 2 amide bonds. The van der Waals surface area contributed by atoms with E-state index in [9.17, 15) is 13.2 Å². The van der Waals surface area contributed by atoms with Gasteiger partial charge in [0, 0.05) is 12.6 Å². The van der Waals surface area contributed by atoms with Gasteiger partial charge < -0.3 is 4.90 Å². The molecule has 4 rings (SSSR count). The Morgan fingerprint density at radius 1 is 1.29 bits per heavy atom. The number of rotatable bonds is 4. The van der Waals surface area contributed by atoms with Gasteiger partial charge in [-0.15, -0.1) is 0 Å². The summed E-state index contributed by atoms with van der Waals surface area (Å²) in [5, 5.41) is 2.83. The maximum atomic E-state index is 12.8. The van der Waals surface area contributed by atoms with Crippen molar-refractivity contribution < 1.29 is 13.2 Å². The minimum absolute atomic E-state index is 0.0149. The highest BCUT2D eigenvalue weighted by Crippen LogP contribution is 2.40. The van der Waals surface area contributed by atoms with Crippen LogP contribution in [0.3, 0.4) is 0 Å². The van der Waals surface area contributed by atoms with Crippen LogP contribution in [0.2, 0.25) is 0 Å². The third-order valence-corrected chi connectivity index (χ3v) is 8.75. The molecule has 4 atom stereocenters. The molecule has 0 spiro atoms. The van der Waals surface area contributed by atoms with Crippen molar-refractivity contribution in [2.75, 3.05) is 13.7 Å². The minimum atomic E-state index is -3.35. The van der Waals surface area contributed by atoms with Crippen molar-refractivity contribution >= 4 is 28.0 Å². The number of fused-ring (bicyclic) bond motifs is 1. The lowest BCUT2D eigenvalue weighted by Gasteiger charge is -2.37. The molecule has 10 heteroatoms. The second kappa shape index (κ2) is 5.73. The van der Waals surface area contributed by atoms with Crippen molar-refractivity contribution in [2.24, 2.45) is 0 Å². The van der Waals surface area contributed by atoms with Crippen LogP contribution in [0.1, 0.15) is 39.0 Å². The molecule has 0 radical (unpaired) electrons. The van der Waals surface area contributed by atoms with Gasteiger partial charge in [0.05, 0.1) is 24.0 Å². The summed E-state index contributed by atoms with van der Waals surface area (Å²) in [6, 6.07) is 0.0251. The Hall–Kier alpha value is -0.550. The second-order valence-corrected chi connectivity index (χ2v) is 10.5. The largest absolute Gasteiger partial charge is 0.323 e. The maximum absolute atomic E-state index is 12.8. The molecule has 4 fully saturated rings. The monoisotopic (exact) mass is 375 g/mol. The number of sulfonamides is 1. The van der Waals surface area contributed by atoms with Gasteiger partial charge in [0.1, 0.15) is 5.50 Å². The van der Waals surface area contributed by atoms with Crippen molar-refractivity contribution in [1.82, 2.24) is 24.6 Å². The summed E-state index contributed by atoms with van der Waals surface area (Å²) >= 11 is 1.48. The Kier molecular flexibility index (Phi) is 4.03. The van der Waals surface area contributed by atoms with Gasteiger partial charge in [-0.05, 0) is 51.0 Å². The third-order valence-electron chi connectivity index (χ3n) is 5.73. The average Bonchev–Trinajstić information content (AvgIpc) is 2.96. The quantitative estimate of drug-likeness (QED) is 0.608. The van der Waals surface area contributed by atoms with Crippen molar-refractivity contribution in [3.8, 4) is 0 Å². The van der Waals surface area contributed by atoms with E-state index in [1.807, 2.05) is 18.9 Å². The van der Waals surface area contributed by atoms with Crippen LogP contribution < -0.4 is 14.8 Å². The Morgan fingerprint density at radius 2 is 2.04 bits per heavy atom. The Balaban J connectivity index is 1.53. The molecule has 0 aromatic heterocycles. The molecule has 3 N–H and O–H groups in total. The molecule has 2 saturated carbocycles. The summed E-state index contributed by atoms with van der Waals surface area (Å²) in [6.07, 6.45) is 3.67. The van der Waals surface area contributed by atoms with Gasteiger partial charge in [-0.25, -0.2) is 22.7 Å². The van der Waals surface area contributed by atoms with Crippen LogP contribution in [-0.4, -0.2) is 66.3 Å². The number of urea groups is 1. The van der Waals surface area contributed by atoms with Crippen LogP contribution in [0, 0.1) is 0 Å². The summed E-state index contributed by atoms with van der Waals surface area (Å²) in [5.41, 5.74) is -0.380. The van der Waals surface area contributed by atoms with Crippen LogP contribution in [0.4, 0.5) is 4.79 Å². The summed E-state index contributed by atoms with van der Waals surface area (Å²) in [7, 11) is -1.52. The summed E-state index contributed by atoms with van der Waals surface area (Å²) in [6.45, 7) is 2.60. The van der Waals surface area contributed by atoms with E-state index in [0.717, 1.165) is 19.3 Å². The molecule has 2 saturated heterocycles. The highest BCUT2D eigenvalue weighted by Gasteiger charge is 2.53. The highest BCUT2D eigenvalue weighted by molar-refractivity contribution is 7.98. The maximum Gasteiger partial charge on any atom is 0.322 e. The first-order valence-corrected chi connectivity index (χ1v) is 10.9. The van der Waals surface area contributed by atoms with E-state index in [2.05, 4.69) is 14.8 Å². The fourth-order valence-corrected chi connectivity index (χ4v) is 6.83. The highest BCUT2D eigenvalue weighted by atomic mass is 32.2. The van der Waals surface area contributed by atoms with Crippen molar-refractivity contribution in [1.29, 1.82) is 0 Å². The minimum Gasteiger partial charge on any atom is -0.323 e. The lowest BCUT2D eigenvalue weighted by molar-refractivity contribution is 0.175. The van der Waals surface area contributed by atoms with Crippen LogP contribution >= 0.6 is 11.9 Å². The first-order valence-electron chi connectivity index (χ1n) is 8.51. The fraction of sp³-hybridized carbons (Fsp3) is 0.929. The van der Waals surface area contributed by atoms with E-state index < -0.39 is 15.3 Å². The van der Waals surface area contributed by atoms with E-state index in [-0.39, 0.29) is 29.2 Å². The molecule has 2 aliphatic carbocycles. The second-order valence-electron chi connectivity index (χ2n) is 7.57. The molecule has 0 aromatic rings. The summed E-state index contributed by atoms with van der Waals surface area (Å²) in [5.74, 6) is 0. The van der Waals surface area contributed by atoms with E-state index in [1.54, 1.807) is 4.90 Å². The summed E-state index contributed by atoms with van der Waals surface area (Å²) in [4.78, 5) is 16.3. The van der Waals surface area contributed by atoms with Gasteiger partial charge in [0.25, 0.3) is 0 Å². The first-order chi connectivity index (χ1) is 11.3. The Labute approximate surface area is 147 Å². The topological polar surface area (TPSA) is 93.8 Å². The Bertz CT molecular complexity index is 632.